The molecule has 0 spiro atoms. The highest BCUT2D eigenvalue weighted by Gasteiger charge is 2.20. The fourth-order valence-corrected chi connectivity index (χ4v) is 3.13. The number of hydrogen-bond acceptors (Lipinski definition) is 6. The first-order valence-electron chi connectivity index (χ1n) is 5.40. The number of hydrogen-bond donors (Lipinski definition) is 2. The number of carbonyl (C=O) groups excluding carboxylic acids is 1. The molecule has 0 fully saturated rings. The summed E-state index contributed by atoms with van der Waals surface area (Å²) in [4.78, 5) is 21.2. The number of furan rings is 1. The summed E-state index contributed by atoms with van der Waals surface area (Å²) in [6.45, 7) is 1.79. The smallest absolute Gasteiger partial charge is 0.228 e. The van der Waals surface area contributed by atoms with E-state index in [9.17, 15) is 4.79 Å². The number of nitrogens with two attached hydrogens (primary N) is 1. The molecule has 7 heteroatoms. The summed E-state index contributed by atoms with van der Waals surface area (Å²) in [6.07, 6.45) is 3.15. The van der Waals surface area contributed by atoms with Crippen molar-refractivity contribution in [1.29, 1.82) is 0 Å². The van der Waals surface area contributed by atoms with Gasteiger partial charge in [-0.1, -0.05) is 12.6 Å². The van der Waals surface area contributed by atoms with E-state index in [1.807, 2.05) is 0 Å². The van der Waals surface area contributed by atoms with Gasteiger partial charge < -0.3 is 10.2 Å². The van der Waals surface area contributed by atoms with Gasteiger partial charge in [-0.2, -0.15) is 0 Å². The number of aromatic nitrogens is 2. The number of fused-ring (bicyclic) bond motifs is 1. The van der Waals surface area contributed by atoms with Gasteiger partial charge in [0.1, 0.15) is 15.5 Å². The standard InChI is InChI=1S/C12H9N3O2S2/c1-5-14-9(6-2-3-17-4-6)7-8(13)10(12(16)18)19-11(7)15-5/h2-4H,13H2,1H3,(H,16,18). The summed E-state index contributed by atoms with van der Waals surface area (Å²) in [5, 5.41) is 0.311. The maximum Gasteiger partial charge on any atom is 0.228 e. The Bertz CT molecular complexity index is 778. The lowest BCUT2D eigenvalue weighted by Gasteiger charge is -2.02. The largest absolute Gasteiger partial charge is 0.472 e. The second-order valence-corrected chi connectivity index (χ2v) is 5.37. The lowest BCUT2D eigenvalue weighted by Crippen LogP contribution is -1.95. The zero-order chi connectivity index (χ0) is 13.6. The van der Waals surface area contributed by atoms with Crippen molar-refractivity contribution in [1.82, 2.24) is 9.97 Å². The number of thiophene rings is 1. The minimum atomic E-state index is -0.365. The minimum Gasteiger partial charge on any atom is -0.472 e. The van der Waals surface area contributed by atoms with Crippen molar-refractivity contribution >= 4 is 45.0 Å². The second kappa shape index (κ2) is 4.36. The normalized spacial score (nSPS) is 11.1. The lowest BCUT2D eigenvalue weighted by molar-refractivity contribution is 0.109. The topological polar surface area (TPSA) is 82.0 Å². The van der Waals surface area contributed by atoms with Gasteiger partial charge in [-0.15, -0.1) is 11.3 Å². The molecule has 0 aliphatic carbocycles. The molecule has 19 heavy (non-hydrogen) atoms. The van der Waals surface area contributed by atoms with E-state index in [1.54, 1.807) is 25.5 Å². The predicted molar refractivity (Wildman–Crippen MR) is 77.6 cm³/mol. The van der Waals surface area contributed by atoms with E-state index >= 15 is 0 Å². The van der Waals surface area contributed by atoms with Gasteiger partial charge in [0, 0.05) is 5.56 Å². The first kappa shape index (κ1) is 12.2. The van der Waals surface area contributed by atoms with Gasteiger partial charge in [-0.3, -0.25) is 4.79 Å². The summed E-state index contributed by atoms with van der Waals surface area (Å²) in [5.41, 5.74) is 7.87. The third kappa shape index (κ3) is 1.91. The average Bonchev–Trinajstić information content (AvgIpc) is 2.96. The summed E-state index contributed by atoms with van der Waals surface area (Å²) in [6, 6.07) is 1.79. The van der Waals surface area contributed by atoms with Crippen LogP contribution in [0.3, 0.4) is 0 Å². The van der Waals surface area contributed by atoms with Crippen LogP contribution in [0.15, 0.2) is 23.0 Å². The van der Waals surface area contributed by atoms with Crippen LogP contribution < -0.4 is 5.73 Å². The van der Waals surface area contributed by atoms with Crippen LogP contribution in [-0.4, -0.2) is 15.1 Å². The van der Waals surface area contributed by atoms with Gasteiger partial charge in [0.05, 0.1) is 29.3 Å². The van der Waals surface area contributed by atoms with Crippen LogP contribution in [0.2, 0.25) is 0 Å². The molecule has 0 saturated carbocycles. The molecule has 0 aromatic carbocycles. The first-order valence-corrected chi connectivity index (χ1v) is 6.66. The fourth-order valence-electron chi connectivity index (χ4n) is 1.90. The predicted octanol–water partition coefficient (Wildman–Crippen LogP) is 2.91. The summed E-state index contributed by atoms with van der Waals surface area (Å²) >= 11 is 5.05. The number of thiol groups is 1. The molecule has 3 heterocycles. The molecular formula is C12H9N3O2S2. The third-order valence-corrected chi connectivity index (χ3v) is 4.16. The van der Waals surface area contributed by atoms with Gasteiger partial charge in [-0.05, 0) is 13.0 Å². The van der Waals surface area contributed by atoms with Gasteiger partial charge in [0.2, 0.25) is 5.12 Å². The van der Waals surface area contributed by atoms with Gasteiger partial charge in [0.25, 0.3) is 0 Å². The lowest BCUT2D eigenvalue weighted by atomic mass is 10.1. The van der Waals surface area contributed by atoms with E-state index in [-0.39, 0.29) is 5.12 Å². The molecule has 0 saturated heterocycles. The molecule has 2 N–H and O–H groups in total. The molecular weight excluding hydrogens is 282 g/mol. The van der Waals surface area contributed by atoms with E-state index in [0.717, 1.165) is 5.56 Å². The molecule has 3 aromatic rings. The van der Waals surface area contributed by atoms with E-state index < -0.39 is 0 Å². The number of carbonyl (C=O) groups is 1. The van der Waals surface area contributed by atoms with Crippen LogP contribution in [0.1, 0.15) is 15.5 Å². The van der Waals surface area contributed by atoms with Gasteiger partial charge in [-0.25, -0.2) is 9.97 Å². The van der Waals surface area contributed by atoms with Crippen molar-refractivity contribution in [3.05, 3.63) is 29.3 Å². The molecule has 3 aromatic heterocycles. The molecule has 0 radical (unpaired) electrons. The highest BCUT2D eigenvalue weighted by atomic mass is 32.1. The molecule has 3 rings (SSSR count). The zero-order valence-corrected chi connectivity index (χ0v) is 11.6. The van der Waals surface area contributed by atoms with Crippen molar-refractivity contribution in [3.63, 3.8) is 0 Å². The summed E-state index contributed by atoms with van der Waals surface area (Å²) in [5.74, 6) is 0.614. The molecule has 96 valence electrons. The molecule has 0 amide bonds. The monoisotopic (exact) mass is 291 g/mol. The van der Waals surface area contributed by atoms with Crippen LogP contribution in [0.5, 0.6) is 0 Å². The zero-order valence-electron chi connectivity index (χ0n) is 9.88. The van der Waals surface area contributed by atoms with Gasteiger partial charge in [0.15, 0.2) is 0 Å². The van der Waals surface area contributed by atoms with Crippen molar-refractivity contribution < 1.29 is 9.21 Å². The molecule has 0 aliphatic rings. The van der Waals surface area contributed by atoms with Crippen molar-refractivity contribution in [3.8, 4) is 11.3 Å². The number of nitrogens with zero attached hydrogens (tertiary/aromatic N) is 2. The molecule has 0 aliphatic heterocycles. The minimum absolute atomic E-state index is 0.365. The van der Waals surface area contributed by atoms with Crippen LogP contribution in [0.25, 0.3) is 21.5 Å². The SMILES string of the molecule is Cc1nc(-c2ccoc2)c2c(N)c(C(=O)S)sc2n1. The Morgan fingerprint density at radius 3 is 2.89 bits per heavy atom. The summed E-state index contributed by atoms with van der Waals surface area (Å²) in [7, 11) is 0. The van der Waals surface area contributed by atoms with Crippen LogP contribution >= 0.6 is 24.0 Å². The fraction of sp³-hybridized carbons (Fsp3) is 0.0833. The first-order chi connectivity index (χ1) is 9.08. The number of rotatable bonds is 2. The van der Waals surface area contributed by atoms with E-state index in [0.29, 0.717) is 32.3 Å². The van der Waals surface area contributed by atoms with Crippen molar-refractivity contribution in [2.75, 3.05) is 5.73 Å². The Hall–Kier alpha value is -1.86. The Morgan fingerprint density at radius 2 is 2.26 bits per heavy atom. The van der Waals surface area contributed by atoms with Crippen molar-refractivity contribution in [2.24, 2.45) is 0 Å². The quantitative estimate of drug-likeness (QED) is 0.709. The Balaban J connectivity index is 2.41. The Kier molecular flexibility index (Phi) is 2.79. The second-order valence-electron chi connectivity index (χ2n) is 3.96. The highest BCUT2D eigenvalue weighted by molar-refractivity contribution is 7.97. The highest BCUT2D eigenvalue weighted by Crippen LogP contribution is 2.38. The molecule has 5 nitrogen and oxygen atoms in total. The third-order valence-electron chi connectivity index (χ3n) is 2.69. The molecule has 0 atom stereocenters. The van der Waals surface area contributed by atoms with Crippen LogP contribution in [-0.2, 0) is 0 Å². The number of nitrogen functional groups attached to an aromatic ring is 1. The Morgan fingerprint density at radius 1 is 1.47 bits per heavy atom. The van der Waals surface area contributed by atoms with Crippen LogP contribution in [0, 0.1) is 6.92 Å². The average molecular weight is 291 g/mol. The van der Waals surface area contributed by atoms with Crippen molar-refractivity contribution in [2.45, 2.75) is 6.92 Å². The van der Waals surface area contributed by atoms with Crippen LogP contribution in [0.4, 0.5) is 5.69 Å². The molecule has 0 bridgehead atoms. The van der Waals surface area contributed by atoms with E-state index in [2.05, 4.69) is 22.6 Å². The molecule has 0 unspecified atom stereocenters. The maximum absolute atomic E-state index is 11.4. The number of aryl methyl sites for hydroxylation is 1. The summed E-state index contributed by atoms with van der Waals surface area (Å²) < 4.78 is 5.07. The van der Waals surface area contributed by atoms with E-state index in [4.69, 9.17) is 10.2 Å². The van der Waals surface area contributed by atoms with E-state index in [1.165, 1.54) is 11.3 Å². The Labute approximate surface area is 117 Å². The van der Waals surface area contributed by atoms with Gasteiger partial charge >= 0.3 is 0 Å². The number of anilines is 1. The maximum atomic E-state index is 11.4.